The van der Waals surface area contributed by atoms with Gasteiger partial charge in [-0.25, -0.2) is 4.98 Å². The van der Waals surface area contributed by atoms with Crippen molar-refractivity contribution in [2.24, 2.45) is 0 Å². The second-order valence-electron chi connectivity index (χ2n) is 5.29. The molecule has 0 spiro atoms. The molecule has 0 saturated heterocycles. The van der Waals surface area contributed by atoms with Gasteiger partial charge in [0.05, 0.1) is 5.69 Å². The lowest BCUT2D eigenvalue weighted by molar-refractivity contribution is -0.118. The Hall–Kier alpha value is -2.37. The molecule has 2 N–H and O–H groups in total. The third kappa shape index (κ3) is 3.63. The second kappa shape index (κ2) is 7.06. The molecule has 0 fully saturated rings. The number of aryl methyl sites for hydroxylation is 2. The van der Waals surface area contributed by atoms with Gasteiger partial charge in [-0.15, -0.1) is 0 Å². The highest BCUT2D eigenvalue weighted by atomic mass is 16.2. The minimum Gasteiger partial charge on any atom is -0.356 e. The number of aromatic nitrogens is 2. The summed E-state index contributed by atoms with van der Waals surface area (Å²) < 4.78 is 1.83. The SMILES string of the molecule is CCc1nc2cc(C)ccn2c1C(=O)NCCCNC(C)=O. The number of fused-ring (bicyclic) bond motifs is 1. The Morgan fingerprint density at radius 3 is 2.68 bits per heavy atom. The molecule has 0 aliphatic carbocycles. The van der Waals surface area contributed by atoms with E-state index in [4.69, 9.17) is 0 Å². The molecule has 2 amide bonds. The number of hydrogen-bond acceptors (Lipinski definition) is 3. The summed E-state index contributed by atoms with van der Waals surface area (Å²) in [6.07, 6.45) is 3.28. The lowest BCUT2D eigenvalue weighted by Crippen LogP contribution is -2.30. The van der Waals surface area contributed by atoms with E-state index in [1.807, 2.05) is 36.6 Å². The van der Waals surface area contributed by atoms with Gasteiger partial charge in [-0.1, -0.05) is 6.92 Å². The topological polar surface area (TPSA) is 75.5 Å². The molecular weight excluding hydrogens is 280 g/mol. The minimum atomic E-state index is -0.129. The Morgan fingerprint density at radius 1 is 1.27 bits per heavy atom. The predicted molar refractivity (Wildman–Crippen MR) is 84.9 cm³/mol. The number of rotatable bonds is 6. The fourth-order valence-electron chi connectivity index (χ4n) is 2.32. The van der Waals surface area contributed by atoms with E-state index in [1.165, 1.54) is 6.92 Å². The highest BCUT2D eigenvalue weighted by Gasteiger charge is 2.17. The molecular formula is C16H22N4O2. The Bertz CT molecular complexity index is 691. The van der Waals surface area contributed by atoms with E-state index in [-0.39, 0.29) is 11.8 Å². The fourth-order valence-corrected chi connectivity index (χ4v) is 2.32. The number of nitrogens with zero attached hydrogens (tertiary/aromatic N) is 2. The lowest BCUT2D eigenvalue weighted by atomic mass is 10.2. The molecule has 0 aliphatic heterocycles. The van der Waals surface area contributed by atoms with E-state index in [9.17, 15) is 9.59 Å². The molecule has 0 aliphatic rings. The van der Waals surface area contributed by atoms with Gasteiger partial charge in [0, 0.05) is 26.2 Å². The molecule has 22 heavy (non-hydrogen) atoms. The smallest absolute Gasteiger partial charge is 0.270 e. The highest BCUT2D eigenvalue weighted by molar-refractivity contribution is 5.94. The summed E-state index contributed by atoms with van der Waals surface area (Å²) in [4.78, 5) is 27.7. The third-order valence-corrected chi connectivity index (χ3v) is 3.42. The molecule has 0 aromatic carbocycles. The predicted octanol–water partition coefficient (Wildman–Crippen LogP) is 1.46. The Morgan fingerprint density at radius 2 is 2.00 bits per heavy atom. The van der Waals surface area contributed by atoms with Crippen molar-refractivity contribution in [2.75, 3.05) is 13.1 Å². The van der Waals surface area contributed by atoms with Crippen LogP contribution in [0, 0.1) is 6.92 Å². The molecule has 2 rings (SSSR count). The zero-order chi connectivity index (χ0) is 16.1. The maximum absolute atomic E-state index is 12.4. The second-order valence-corrected chi connectivity index (χ2v) is 5.29. The molecule has 0 radical (unpaired) electrons. The minimum absolute atomic E-state index is 0.0586. The van der Waals surface area contributed by atoms with Crippen LogP contribution >= 0.6 is 0 Å². The van der Waals surface area contributed by atoms with Crippen molar-refractivity contribution < 1.29 is 9.59 Å². The van der Waals surface area contributed by atoms with Gasteiger partial charge in [0.15, 0.2) is 0 Å². The van der Waals surface area contributed by atoms with E-state index < -0.39 is 0 Å². The summed E-state index contributed by atoms with van der Waals surface area (Å²) in [5, 5.41) is 5.59. The van der Waals surface area contributed by atoms with Gasteiger partial charge in [-0.3, -0.25) is 14.0 Å². The van der Waals surface area contributed by atoms with E-state index in [2.05, 4.69) is 15.6 Å². The van der Waals surface area contributed by atoms with E-state index in [1.54, 1.807) is 0 Å². The molecule has 2 aromatic rings. The largest absolute Gasteiger partial charge is 0.356 e. The van der Waals surface area contributed by atoms with Gasteiger partial charge >= 0.3 is 0 Å². The molecule has 0 atom stereocenters. The van der Waals surface area contributed by atoms with Crippen LogP contribution in [-0.4, -0.2) is 34.3 Å². The summed E-state index contributed by atoms with van der Waals surface area (Å²) in [6, 6.07) is 3.92. The average Bonchev–Trinajstić information content (AvgIpc) is 2.83. The highest BCUT2D eigenvalue weighted by Crippen LogP contribution is 2.14. The summed E-state index contributed by atoms with van der Waals surface area (Å²) in [5.41, 5.74) is 3.30. The number of pyridine rings is 1. The first-order valence-electron chi connectivity index (χ1n) is 7.53. The number of imidazole rings is 1. The first-order valence-corrected chi connectivity index (χ1v) is 7.53. The lowest BCUT2D eigenvalue weighted by Gasteiger charge is -2.07. The maximum Gasteiger partial charge on any atom is 0.270 e. The van der Waals surface area contributed by atoms with Gasteiger partial charge in [0.25, 0.3) is 5.91 Å². The zero-order valence-corrected chi connectivity index (χ0v) is 13.3. The molecule has 6 nitrogen and oxygen atoms in total. The van der Waals surface area contributed by atoms with Crippen LogP contribution in [0.5, 0.6) is 0 Å². The van der Waals surface area contributed by atoms with Crippen LogP contribution in [0.1, 0.15) is 42.0 Å². The number of carbonyl (C=O) groups excluding carboxylic acids is 2. The molecule has 0 unspecified atom stereocenters. The van der Waals surface area contributed by atoms with Crippen LogP contribution in [0.25, 0.3) is 5.65 Å². The third-order valence-electron chi connectivity index (χ3n) is 3.42. The van der Waals surface area contributed by atoms with Crippen LogP contribution in [-0.2, 0) is 11.2 Å². The Kier molecular flexibility index (Phi) is 5.14. The van der Waals surface area contributed by atoms with E-state index >= 15 is 0 Å². The van der Waals surface area contributed by atoms with Crippen molar-refractivity contribution in [1.29, 1.82) is 0 Å². The fraction of sp³-hybridized carbons (Fsp3) is 0.438. The number of nitrogens with one attached hydrogen (secondary N) is 2. The molecule has 2 aromatic heterocycles. The van der Waals surface area contributed by atoms with Gasteiger partial charge in [-0.2, -0.15) is 0 Å². The van der Waals surface area contributed by atoms with Crippen LogP contribution in [0.4, 0.5) is 0 Å². The van der Waals surface area contributed by atoms with E-state index in [0.29, 0.717) is 31.6 Å². The molecule has 0 saturated carbocycles. The van der Waals surface area contributed by atoms with Crippen LogP contribution in [0.3, 0.4) is 0 Å². The molecule has 2 heterocycles. The van der Waals surface area contributed by atoms with Crippen LogP contribution in [0.15, 0.2) is 18.3 Å². The van der Waals surface area contributed by atoms with Gasteiger partial charge in [0.2, 0.25) is 5.91 Å². The first-order chi connectivity index (χ1) is 10.5. The maximum atomic E-state index is 12.4. The monoisotopic (exact) mass is 302 g/mol. The number of amides is 2. The molecule has 0 bridgehead atoms. The normalized spacial score (nSPS) is 10.7. The van der Waals surface area contributed by atoms with E-state index in [0.717, 1.165) is 16.9 Å². The van der Waals surface area contributed by atoms with Crippen molar-refractivity contribution in [3.63, 3.8) is 0 Å². The van der Waals surface area contributed by atoms with Crippen LogP contribution < -0.4 is 10.6 Å². The van der Waals surface area contributed by atoms with Crippen molar-refractivity contribution >= 4 is 17.5 Å². The summed E-state index contributed by atoms with van der Waals surface area (Å²) >= 11 is 0. The standard InChI is InChI=1S/C16H22N4O2/c1-4-13-15(16(22)18-8-5-7-17-12(3)21)20-9-6-11(2)10-14(20)19-13/h6,9-10H,4-5,7-8H2,1-3H3,(H,17,21)(H,18,22). The quantitative estimate of drug-likeness (QED) is 0.793. The molecule has 118 valence electrons. The summed E-state index contributed by atoms with van der Waals surface area (Å²) in [5.74, 6) is -0.187. The molecule has 6 heteroatoms. The van der Waals surface area contributed by atoms with Gasteiger partial charge in [-0.05, 0) is 37.5 Å². The number of carbonyl (C=O) groups is 2. The van der Waals surface area contributed by atoms with Gasteiger partial charge in [0.1, 0.15) is 11.3 Å². The number of hydrogen-bond donors (Lipinski definition) is 2. The Balaban J connectivity index is 2.08. The van der Waals surface area contributed by atoms with Crippen molar-refractivity contribution in [3.8, 4) is 0 Å². The first kappa shape index (κ1) is 16.0. The zero-order valence-electron chi connectivity index (χ0n) is 13.3. The van der Waals surface area contributed by atoms with Crippen molar-refractivity contribution in [2.45, 2.75) is 33.6 Å². The average molecular weight is 302 g/mol. The van der Waals surface area contributed by atoms with Crippen molar-refractivity contribution in [1.82, 2.24) is 20.0 Å². The Labute approximate surface area is 129 Å². The van der Waals surface area contributed by atoms with Crippen molar-refractivity contribution in [3.05, 3.63) is 35.3 Å². The van der Waals surface area contributed by atoms with Crippen LogP contribution in [0.2, 0.25) is 0 Å². The summed E-state index contributed by atoms with van der Waals surface area (Å²) in [7, 11) is 0. The summed E-state index contributed by atoms with van der Waals surface area (Å²) in [6.45, 7) is 6.54. The van der Waals surface area contributed by atoms with Gasteiger partial charge < -0.3 is 10.6 Å².